The van der Waals surface area contributed by atoms with Crippen LogP contribution in [-0.2, 0) is 17.6 Å². The first-order chi connectivity index (χ1) is 10.5. The van der Waals surface area contributed by atoms with Crippen molar-refractivity contribution in [3.05, 3.63) is 58.9 Å². The Hall–Kier alpha value is -2.89. The number of aryl methyl sites for hydroxylation is 2. The van der Waals surface area contributed by atoms with Crippen LogP contribution in [0.5, 0.6) is 0 Å². The van der Waals surface area contributed by atoms with Crippen LogP contribution in [0.15, 0.2) is 36.5 Å². The fourth-order valence-electron chi connectivity index (χ4n) is 2.06. The second kappa shape index (κ2) is 6.71. The standard InChI is InChI=1S/C16H17N3O3/c1-22-16(21)11-5-2-10(3-6-11)4-7-12-8-13(15(18)20)14(17)9-19-12/h2-3,5-6,8-9H,4,7,17H2,1H3,(H2,18,20). The van der Waals surface area contributed by atoms with Crippen LogP contribution in [0.2, 0.25) is 0 Å². The first kappa shape index (κ1) is 15.5. The number of esters is 1. The molecule has 0 fully saturated rings. The summed E-state index contributed by atoms with van der Waals surface area (Å²) >= 11 is 0. The van der Waals surface area contributed by atoms with E-state index in [1.165, 1.54) is 13.3 Å². The number of nitrogen functional groups attached to an aromatic ring is 1. The summed E-state index contributed by atoms with van der Waals surface area (Å²) in [7, 11) is 1.35. The summed E-state index contributed by atoms with van der Waals surface area (Å²) in [5, 5.41) is 0. The highest BCUT2D eigenvalue weighted by Gasteiger charge is 2.08. The van der Waals surface area contributed by atoms with Crippen molar-refractivity contribution in [2.45, 2.75) is 12.8 Å². The fraction of sp³-hybridized carbons (Fsp3) is 0.188. The number of anilines is 1. The lowest BCUT2D eigenvalue weighted by molar-refractivity contribution is 0.0600. The van der Waals surface area contributed by atoms with Crippen molar-refractivity contribution in [3.8, 4) is 0 Å². The summed E-state index contributed by atoms with van der Waals surface area (Å²) in [6, 6.07) is 8.76. The van der Waals surface area contributed by atoms with E-state index >= 15 is 0 Å². The zero-order valence-corrected chi connectivity index (χ0v) is 12.2. The molecule has 6 nitrogen and oxygen atoms in total. The Morgan fingerprint density at radius 3 is 2.45 bits per heavy atom. The molecule has 2 aromatic rings. The van der Waals surface area contributed by atoms with Crippen LogP contribution in [0.4, 0.5) is 5.69 Å². The summed E-state index contributed by atoms with van der Waals surface area (Å²) < 4.78 is 4.65. The number of benzene rings is 1. The number of methoxy groups -OCH3 is 1. The number of carbonyl (C=O) groups is 2. The minimum atomic E-state index is -0.566. The van der Waals surface area contributed by atoms with E-state index < -0.39 is 5.91 Å². The van der Waals surface area contributed by atoms with Gasteiger partial charge in [0.15, 0.2) is 0 Å². The second-order valence-corrected chi connectivity index (χ2v) is 4.82. The topological polar surface area (TPSA) is 108 Å². The zero-order chi connectivity index (χ0) is 16.1. The van der Waals surface area contributed by atoms with Crippen LogP contribution in [0.1, 0.15) is 32.0 Å². The molecule has 0 radical (unpaired) electrons. The van der Waals surface area contributed by atoms with Gasteiger partial charge in [0.25, 0.3) is 5.91 Å². The minimum absolute atomic E-state index is 0.277. The van der Waals surface area contributed by atoms with Gasteiger partial charge in [0.1, 0.15) is 0 Å². The van der Waals surface area contributed by atoms with Crippen molar-refractivity contribution in [3.63, 3.8) is 0 Å². The number of amides is 1. The Kier molecular flexibility index (Phi) is 4.73. The Morgan fingerprint density at radius 2 is 1.86 bits per heavy atom. The number of primary amides is 1. The molecule has 0 aliphatic carbocycles. The van der Waals surface area contributed by atoms with Gasteiger partial charge < -0.3 is 16.2 Å². The van der Waals surface area contributed by atoms with Gasteiger partial charge in [0.2, 0.25) is 0 Å². The van der Waals surface area contributed by atoms with E-state index in [0.29, 0.717) is 12.0 Å². The Labute approximate surface area is 128 Å². The summed E-state index contributed by atoms with van der Waals surface area (Å²) in [6.45, 7) is 0. The molecule has 6 heteroatoms. The van der Waals surface area contributed by atoms with Crippen LogP contribution in [0.3, 0.4) is 0 Å². The summed E-state index contributed by atoms with van der Waals surface area (Å²) in [5.74, 6) is -0.929. The van der Waals surface area contributed by atoms with Crippen molar-refractivity contribution in [1.29, 1.82) is 0 Å². The molecule has 1 heterocycles. The van der Waals surface area contributed by atoms with E-state index in [-0.39, 0.29) is 17.2 Å². The highest BCUT2D eigenvalue weighted by atomic mass is 16.5. The first-order valence-corrected chi connectivity index (χ1v) is 6.72. The molecule has 0 saturated heterocycles. The Morgan fingerprint density at radius 1 is 1.18 bits per heavy atom. The average Bonchev–Trinajstić information content (AvgIpc) is 2.53. The van der Waals surface area contributed by atoms with E-state index in [2.05, 4.69) is 9.72 Å². The average molecular weight is 299 g/mol. The lowest BCUT2D eigenvalue weighted by Crippen LogP contribution is -2.14. The maximum Gasteiger partial charge on any atom is 0.337 e. The molecule has 0 aliphatic heterocycles. The molecule has 2 rings (SSSR count). The summed E-state index contributed by atoms with van der Waals surface area (Å²) in [4.78, 5) is 26.8. The number of nitrogens with zero attached hydrogens (tertiary/aromatic N) is 1. The lowest BCUT2D eigenvalue weighted by Gasteiger charge is -2.06. The van der Waals surface area contributed by atoms with E-state index in [0.717, 1.165) is 17.7 Å². The number of carbonyl (C=O) groups excluding carboxylic acids is 2. The number of aromatic nitrogens is 1. The molecule has 0 aliphatic rings. The van der Waals surface area contributed by atoms with Gasteiger partial charge in [-0.1, -0.05) is 12.1 Å². The van der Waals surface area contributed by atoms with Crippen LogP contribution in [0, 0.1) is 0 Å². The third kappa shape index (κ3) is 3.60. The SMILES string of the molecule is COC(=O)c1ccc(CCc2cc(C(N)=O)c(N)cn2)cc1. The third-order valence-corrected chi connectivity index (χ3v) is 3.30. The minimum Gasteiger partial charge on any atom is -0.465 e. The second-order valence-electron chi connectivity index (χ2n) is 4.82. The molecule has 1 aromatic heterocycles. The van der Waals surface area contributed by atoms with Crippen LogP contribution < -0.4 is 11.5 Å². The third-order valence-electron chi connectivity index (χ3n) is 3.30. The van der Waals surface area contributed by atoms with Crippen molar-refractivity contribution in [2.75, 3.05) is 12.8 Å². The van der Waals surface area contributed by atoms with Gasteiger partial charge in [-0.15, -0.1) is 0 Å². The van der Waals surface area contributed by atoms with E-state index in [4.69, 9.17) is 11.5 Å². The predicted octanol–water partition coefficient (Wildman–Crippen LogP) is 1.33. The molecular weight excluding hydrogens is 282 g/mol. The Balaban J connectivity index is 2.05. The number of nitrogens with two attached hydrogens (primary N) is 2. The van der Waals surface area contributed by atoms with Crippen LogP contribution in [-0.4, -0.2) is 24.0 Å². The molecule has 1 aromatic carbocycles. The van der Waals surface area contributed by atoms with Gasteiger partial charge in [-0.25, -0.2) is 4.79 Å². The predicted molar refractivity (Wildman–Crippen MR) is 82.4 cm³/mol. The smallest absolute Gasteiger partial charge is 0.337 e. The molecular formula is C16H17N3O3. The number of rotatable bonds is 5. The van der Waals surface area contributed by atoms with Gasteiger partial charge in [0, 0.05) is 5.69 Å². The molecule has 0 atom stereocenters. The Bertz CT molecular complexity index is 696. The summed E-state index contributed by atoms with van der Waals surface area (Å²) in [5.41, 5.74) is 13.8. The fourth-order valence-corrected chi connectivity index (χ4v) is 2.06. The molecule has 0 spiro atoms. The van der Waals surface area contributed by atoms with Crippen molar-refractivity contribution in [2.24, 2.45) is 5.73 Å². The van der Waals surface area contributed by atoms with Gasteiger partial charge in [-0.2, -0.15) is 0 Å². The largest absolute Gasteiger partial charge is 0.465 e. The van der Waals surface area contributed by atoms with Crippen molar-refractivity contribution in [1.82, 2.24) is 4.98 Å². The molecule has 1 amide bonds. The normalized spacial score (nSPS) is 10.2. The first-order valence-electron chi connectivity index (χ1n) is 6.72. The highest BCUT2D eigenvalue weighted by Crippen LogP contribution is 2.13. The molecule has 4 N–H and O–H groups in total. The van der Waals surface area contributed by atoms with E-state index in [1.807, 2.05) is 12.1 Å². The zero-order valence-electron chi connectivity index (χ0n) is 12.2. The number of pyridine rings is 1. The molecule has 22 heavy (non-hydrogen) atoms. The monoisotopic (exact) mass is 299 g/mol. The highest BCUT2D eigenvalue weighted by molar-refractivity contribution is 5.97. The summed E-state index contributed by atoms with van der Waals surface area (Å²) in [6.07, 6.45) is 2.80. The maximum atomic E-state index is 11.3. The van der Waals surface area contributed by atoms with Crippen molar-refractivity contribution >= 4 is 17.6 Å². The van der Waals surface area contributed by atoms with Crippen molar-refractivity contribution < 1.29 is 14.3 Å². The van der Waals surface area contributed by atoms with E-state index in [9.17, 15) is 9.59 Å². The van der Waals surface area contributed by atoms with Gasteiger partial charge in [-0.3, -0.25) is 9.78 Å². The van der Waals surface area contributed by atoms with Gasteiger partial charge in [0.05, 0.1) is 30.1 Å². The molecule has 0 bridgehead atoms. The quantitative estimate of drug-likeness (QED) is 0.810. The van der Waals surface area contributed by atoms with Crippen LogP contribution >= 0.6 is 0 Å². The maximum absolute atomic E-state index is 11.3. The molecule has 0 unspecified atom stereocenters. The lowest BCUT2D eigenvalue weighted by atomic mass is 10.0. The molecule has 0 saturated carbocycles. The number of hydrogen-bond donors (Lipinski definition) is 2. The number of ether oxygens (including phenoxy) is 1. The van der Waals surface area contributed by atoms with Gasteiger partial charge >= 0.3 is 5.97 Å². The van der Waals surface area contributed by atoms with Crippen LogP contribution in [0.25, 0.3) is 0 Å². The number of hydrogen-bond acceptors (Lipinski definition) is 5. The molecule has 114 valence electrons. The van der Waals surface area contributed by atoms with Gasteiger partial charge in [-0.05, 0) is 36.6 Å². The van der Waals surface area contributed by atoms with E-state index in [1.54, 1.807) is 18.2 Å².